The lowest BCUT2D eigenvalue weighted by molar-refractivity contribution is -0.873. The number of hydrogen-bond acceptors (Lipinski definition) is 3. The molecule has 6 nitrogen and oxygen atoms in total. The summed E-state index contributed by atoms with van der Waals surface area (Å²) in [5.41, 5.74) is 6.16. The summed E-state index contributed by atoms with van der Waals surface area (Å²) in [5.74, 6) is -2.06. The van der Waals surface area contributed by atoms with Gasteiger partial charge in [0.05, 0.1) is 6.54 Å². The summed E-state index contributed by atoms with van der Waals surface area (Å²) in [7, 11) is 0. The van der Waals surface area contributed by atoms with Crippen molar-refractivity contribution in [3.05, 3.63) is 23.9 Å². The highest BCUT2D eigenvalue weighted by Gasteiger charge is 2.37. The third-order valence-electron chi connectivity index (χ3n) is 2.57. The van der Waals surface area contributed by atoms with Gasteiger partial charge in [-0.25, -0.2) is 9.59 Å². The Labute approximate surface area is 92.9 Å². The lowest BCUT2D eigenvalue weighted by atomic mass is 10.1. The van der Waals surface area contributed by atoms with E-state index in [2.05, 4.69) is 0 Å². The first kappa shape index (κ1) is 12.4. The van der Waals surface area contributed by atoms with Crippen molar-refractivity contribution in [2.75, 3.05) is 26.2 Å². The quantitative estimate of drug-likeness (QED) is 0.544. The molecule has 0 saturated carbocycles. The number of allylic oxidation sites excluding steroid dienone is 2. The van der Waals surface area contributed by atoms with Gasteiger partial charge in [0.25, 0.3) is 0 Å². The maximum atomic E-state index is 10.8. The Morgan fingerprint density at radius 2 is 1.88 bits per heavy atom. The van der Waals surface area contributed by atoms with Gasteiger partial charge in [-0.05, 0) is 12.2 Å². The second-order valence-corrected chi connectivity index (χ2v) is 3.72. The number of rotatable bonds is 5. The molecule has 1 heterocycles. The molecule has 4 N–H and O–H groups in total. The molecule has 0 aliphatic carbocycles. The van der Waals surface area contributed by atoms with Crippen molar-refractivity contribution in [2.45, 2.75) is 0 Å². The molecule has 0 spiro atoms. The van der Waals surface area contributed by atoms with Gasteiger partial charge in [-0.1, -0.05) is 6.08 Å². The Hall–Kier alpha value is -1.66. The third kappa shape index (κ3) is 2.68. The molecule has 1 rings (SSSR count). The number of carbonyl (C=O) groups is 2. The molecule has 16 heavy (non-hydrogen) atoms. The van der Waals surface area contributed by atoms with Crippen LogP contribution in [0.2, 0.25) is 0 Å². The molecule has 6 heteroatoms. The fraction of sp³-hybridized carbons (Fsp3) is 0.400. The fourth-order valence-corrected chi connectivity index (χ4v) is 1.88. The number of aliphatic carboxylic acids is 2. The van der Waals surface area contributed by atoms with Gasteiger partial charge in [-0.15, -0.1) is 0 Å². The highest BCUT2D eigenvalue weighted by atomic mass is 16.4. The molecular weight excluding hydrogens is 212 g/mol. The zero-order valence-electron chi connectivity index (χ0n) is 8.80. The van der Waals surface area contributed by atoms with E-state index in [-0.39, 0.29) is 24.1 Å². The van der Waals surface area contributed by atoms with Crippen LogP contribution in [0.4, 0.5) is 0 Å². The van der Waals surface area contributed by atoms with E-state index in [4.69, 9.17) is 15.9 Å². The maximum Gasteiger partial charge on any atom is 0.359 e. The zero-order valence-corrected chi connectivity index (χ0v) is 8.80. The minimum atomic E-state index is -1.03. The average Bonchev–Trinajstić information content (AvgIpc) is 2.15. The average molecular weight is 227 g/mol. The highest BCUT2D eigenvalue weighted by Crippen LogP contribution is 2.20. The first-order valence-corrected chi connectivity index (χ1v) is 4.86. The van der Waals surface area contributed by atoms with Crippen molar-refractivity contribution in [1.29, 1.82) is 0 Å². The van der Waals surface area contributed by atoms with Crippen LogP contribution in [0.15, 0.2) is 23.9 Å². The SMILES string of the molecule is NCC1=CC=CC[N+]1(CC(=O)O)CC(=O)O. The van der Waals surface area contributed by atoms with E-state index < -0.39 is 11.9 Å². The molecule has 0 amide bonds. The summed E-state index contributed by atoms with van der Waals surface area (Å²) in [6.07, 6.45) is 5.21. The van der Waals surface area contributed by atoms with E-state index in [9.17, 15) is 9.59 Å². The Morgan fingerprint density at radius 3 is 2.31 bits per heavy atom. The molecule has 0 fully saturated rings. The molecule has 88 valence electrons. The lowest BCUT2D eigenvalue weighted by Gasteiger charge is -2.37. The van der Waals surface area contributed by atoms with Gasteiger partial charge >= 0.3 is 11.9 Å². The van der Waals surface area contributed by atoms with Crippen molar-refractivity contribution >= 4 is 11.9 Å². The third-order valence-corrected chi connectivity index (χ3v) is 2.57. The van der Waals surface area contributed by atoms with E-state index in [1.807, 2.05) is 0 Å². The van der Waals surface area contributed by atoms with E-state index in [0.29, 0.717) is 12.2 Å². The first-order valence-electron chi connectivity index (χ1n) is 4.86. The second-order valence-electron chi connectivity index (χ2n) is 3.72. The van der Waals surface area contributed by atoms with Crippen LogP contribution in [0, 0.1) is 0 Å². The number of nitrogens with two attached hydrogens (primary N) is 1. The van der Waals surface area contributed by atoms with Gasteiger partial charge in [-0.2, -0.15) is 0 Å². The summed E-state index contributed by atoms with van der Waals surface area (Å²) in [4.78, 5) is 21.6. The molecule has 0 unspecified atom stereocenters. The maximum absolute atomic E-state index is 10.8. The molecule has 0 aromatic heterocycles. The Bertz CT molecular complexity index is 344. The first-order chi connectivity index (χ1) is 7.50. The summed E-state index contributed by atoms with van der Waals surface area (Å²) < 4.78 is -0.127. The van der Waals surface area contributed by atoms with Gasteiger partial charge in [0.2, 0.25) is 0 Å². The number of hydrogen-bond donors (Lipinski definition) is 3. The summed E-state index contributed by atoms with van der Waals surface area (Å²) in [6, 6.07) is 0. The summed E-state index contributed by atoms with van der Waals surface area (Å²) in [6.45, 7) is -0.0219. The standard InChI is InChI=1S/C10H14N2O4/c11-5-8-3-1-2-4-12(8,6-9(13)14)7-10(15)16/h1-3H,4-7,11H2,(H-,13,14,15,16)/p+1. The number of carboxylic acids is 2. The molecule has 1 aliphatic rings. The predicted molar refractivity (Wildman–Crippen MR) is 56.4 cm³/mol. The van der Waals surface area contributed by atoms with Gasteiger partial charge in [0.1, 0.15) is 12.2 Å². The van der Waals surface area contributed by atoms with Gasteiger partial charge in [-0.3, -0.25) is 4.48 Å². The highest BCUT2D eigenvalue weighted by molar-refractivity contribution is 5.71. The topological polar surface area (TPSA) is 101 Å². The normalized spacial score (nSPS) is 17.9. The molecule has 0 aromatic rings. The van der Waals surface area contributed by atoms with E-state index in [1.165, 1.54) is 0 Å². The summed E-state index contributed by atoms with van der Waals surface area (Å²) >= 11 is 0. The Balaban J connectivity index is 3.02. The summed E-state index contributed by atoms with van der Waals surface area (Å²) in [5, 5.41) is 17.7. The van der Waals surface area contributed by atoms with Crippen LogP contribution in [-0.4, -0.2) is 52.8 Å². The molecule has 0 atom stereocenters. The van der Waals surface area contributed by atoms with Gasteiger partial charge in [0.15, 0.2) is 13.1 Å². The van der Waals surface area contributed by atoms with E-state index in [1.54, 1.807) is 18.2 Å². The Morgan fingerprint density at radius 1 is 1.31 bits per heavy atom. The predicted octanol–water partition coefficient (Wildman–Crippen LogP) is -0.615. The molecule has 0 bridgehead atoms. The van der Waals surface area contributed by atoms with Crippen LogP contribution < -0.4 is 5.73 Å². The lowest BCUT2D eigenvalue weighted by Crippen LogP contribution is -2.55. The Kier molecular flexibility index (Phi) is 3.81. The van der Waals surface area contributed by atoms with Crippen LogP contribution >= 0.6 is 0 Å². The molecule has 0 saturated heterocycles. The minimum Gasteiger partial charge on any atom is -0.477 e. The molecule has 1 aliphatic heterocycles. The number of quaternary nitrogens is 1. The monoisotopic (exact) mass is 227 g/mol. The molecule has 0 aromatic carbocycles. The van der Waals surface area contributed by atoms with Crippen LogP contribution in [0.3, 0.4) is 0 Å². The minimum absolute atomic E-state index is 0.127. The van der Waals surface area contributed by atoms with Gasteiger partial charge < -0.3 is 15.9 Å². The van der Waals surface area contributed by atoms with Crippen molar-refractivity contribution in [3.8, 4) is 0 Å². The largest absolute Gasteiger partial charge is 0.477 e. The van der Waals surface area contributed by atoms with Crippen molar-refractivity contribution in [1.82, 2.24) is 0 Å². The zero-order chi connectivity index (χ0) is 12.2. The van der Waals surface area contributed by atoms with Crippen LogP contribution in [0.1, 0.15) is 0 Å². The number of carboxylic acid groups (broad SMARTS) is 2. The van der Waals surface area contributed by atoms with E-state index in [0.717, 1.165) is 0 Å². The number of nitrogens with zero attached hydrogens (tertiary/aromatic N) is 1. The van der Waals surface area contributed by atoms with Crippen molar-refractivity contribution in [2.24, 2.45) is 5.73 Å². The molecular formula is C10H15N2O4+. The van der Waals surface area contributed by atoms with Crippen LogP contribution in [-0.2, 0) is 9.59 Å². The van der Waals surface area contributed by atoms with Gasteiger partial charge in [0, 0.05) is 0 Å². The fourth-order valence-electron chi connectivity index (χ4n) is 1.88. The van der Waals surface area contributed by atoms with Crippen LogP contribution in [0.25, 0.3) is 0 Å². The van der Waals surface area contributed by atoms with E-state index >= 15 is 0 Å². The molecule has 0 radical (unpaired) electrons. The van der Waals surface area contributed by atoms with Crippen molar-refractivity contribution in [3.63, 3.8) is 0 Å². The van der Waals surface area contributed by atoms with Crippen molar-refractivity contribution < 1.29 is 24.3 Å². The second kappa shape index (κ2) is 4.91. The van der Waals surface area contributed by atoms with Crippen LogP contribution in [0.5, 0.6) is 0 Å². The smallest absolute Gasteiger partial charge is 0.359 e.